The van der Waals surface area contributed by atoms with Crippen LogP contribution < -0.4 is 3.71 Å². The van der Waals surface area contributed by atoms with Gasteiger partial charge in [-0.05, 0) is 0 Å². The summed E-state index contributed by atoms with van der Waals surface area (Å²) in [5.41, 5.74) is 0. The van der Waals surface area contributed by atoms with E-state index in [-0.39, 0.29) is 0 Å². The van der Waals surface area contributed by atoms with Crippen LogP contribution in [-0.2, 0) is 7.05 Å². The molecule has 1 rings (SSSR count). The van der Waals surface area contributed by atoms with Gasteiger partial charge in [0.1, 0.15) is 0 Å². The van der Waals surface area contributed by atoms with Crippen molar-refractivity contribution in [1.29, 1.82) is 0 Å². The van der Waals surface area contributed by atoms with Crippen LogP contribution in [0.1, 0.15) is 0 Å². The molecule has 1 aromatic heterocycles. The van der Waals surface area contributed by atoms with Crippen LogP contribution in [0.15, 0.2) is 6.20 Å². The van der Waals surface area contributed by atoms with E-state index < -0.39 is 18.4 Å². The topological polar surface area (TPSA) is 30.7 Å². The van der Waals surface area contributed by atoms with Crippen LogP contribution in [-0.4, -0.2) is 33.4 Å². The van der Waals surface area contributed by atoms with E-state index in [1.807, 2.05) is 17.9 Å². The molecule has 10 heavy (non-hydrogen) atoms. The molecule has 1 aromatic rings. The van der Waals surface area contributed by atoms with Crippen LogP contribution in [0.5, 0.6) is 0 Å². The fourth-order valence-corrected chi connectivity index (χ4v) is 5.14. The molecule has 0 spiro atoms. The second-order valence-corrected chi connectivity index (χ2v) is 17.8. The summed E-state index contributed by atoms with van der Waals surface area (Å²) in [4.78, 5) is 7.06. The van der Waals surface area contributed by atoms with Gasteiger partial charge >= 0.3 is 65.1 Å². The second kappa shape index (κ2) is 2.52. The summed E-state index contributed by atoms with van der Waals surface area (Å²) in [7, 11) is 1.96. The summed E-state index contributed by atoms with van der Waals surface area (Å²) in [6.45, 7) is 0. The molecule has 0 saturated heterocycles. The van der Waals surface area contributed by atoms with Crippen molar-refractivity contribution >= 4 is 22.1 Å². The zero-order valence-electron chi connectivity index (χ0n) is 6.92. The maximum atomic E-state index is 3.90. The predicted octanol–water partition coefficient (Wildman–Crippen LogP) is 0.360. The van der Waals surface area contributed by atoms with Gasteiger partial charge < -0.3 is 0 Å². The molecule has 0 saturated carbocycles. The number of aryl methyl sites for hydroxylation is 1. The van der Waals surface area contributed by atoms with Gasteiger partial charge in [0.15, 0.2) is 0 Å². The quantitative estimate of drug-likeness (QED) is 0.670. The molecule has 0 aliphatic carbocycles. The molecule has 0 unspecified atom stereocenters. The Balaban J connectivity index is 3.05. The monoisotopic (exact) mass is 247 g/mol. The maximum absolute atomic E-state index is 3.90. The van der Waals surface area contributed by atoms with Gasteiger partial charge in [0, 0.05) is 0 Å². The Morgan fingerprint density at radius 1 is 1.40 bits per heavy atom. The SMILES string of the molecule is Cn1nnc[c]1[Sn]([CH3])([CH3])[CH3]. The molecule has 56 valence electrons. The van der Waals surface area contributed by atoms with Crippen LogP contribution >= 0.6 is 0 Å². The van der Waals surface area contributed by atoms with Gasteiger partial charge in [-0.2, -0.15) is 0 Å². The summed E-state index contributed by atoms with van der Waals surface area (Å²) in [6.07, 6.45) is 1.90. The van der Waals surface area contributed by atoms with Crippen LogP contribution in [0, 0.1) is 0 Å². The zero-order valence-corrected chi connectivity index (χ0v) is 9.77. The van der Waals surface area contributed by atoms with Crippen molar-refractivity contribution in [1.82, 2.24) is 15.0 Å². The molecule has 0 aliphatic heterocycles. The van der Waals surface area contributed by atoms with E-state index in [1.54, 1.807) is 0 Å². The number of hydrogen-bond donors (Lipinski definition) is 0. The first-order valence-electron chi connectivity index (χ1n) is 3.37. The molecule has 3 nitrogen and oxygen atoms in total. The number of hydrogen-bond acceptors (Lipinski definition) is 2. The first-order valence-corrected chi connectivity index (χ1v) is 13.4. The van der Waals surface area contributed by atoms with E-state index in [2.05, 4.69) is 25.1 Å². The Kier molecular flexibility index (Phi) is 2.03. The first kappa shape index (κ1) is 8.04. The molecule has 0 fully saturated rings. The van der Waals surface area contributed by atoms with Gasteiger partial charge in [-0.25, -0.2) is 0 Å². The summed E-state index contributed by atoms with van der Waals surface area (Å²) in [6, 6.07) is 0. The number of aromatic nitrogens is 3. The fourth-order valence-electron chi connectivity index (χ4n) is 0.969. The average Bonchev–Trinajstić information content (AvgIpc) is 2.11. The normalized spacial score (nSPS) is 12.0. The van der Waals surface area contributed by atoms with Crippen molar-refractivity contribution < 1.29 is 0 Å². The third kappa shape index (κ3) is 1.50. The fraction of sp³-hybridized carbons (Fsp3) is 0.667. The summed E-state index contributed by atoms with van der Waals surface area (Å²) >= 11 is -1.87. The Hall–Kier alpha value is -0.0613. The van der Waals surface area contributed by atoms with E-state index >= 15 is 0 Å². The van der Waals surface area contributed by atoms with Gasteiger partial charge in [-0.3, -0.25) is 0 Å². The predicted molar refractivity (Wildman–Crippen MR) is 44.0 cm³/mol. The van der Waals surface area contributed by atoms with Gasteiger partial charge in [0.05, 0.1) is 0 Å². The number of rotatable bonds is 1. The summed E-state index contributed by atoms with van der Waals surface area (Å²) < 4.78 is 3.27. The second-order valence-electron chi connectivity index (χ2n) is 3.49. The van der Waals surface area contributed by atoms with Gasteiger partial charge in [0.2, 0.25) is 0 Å². The van der Waals surface area contributed by atoms with Crippen molar-refractivity contribution in [2.45, 2.75) is 14.8 Å². The molecule has 1 heterocycles. The van der Waals surface area contributed by atoms with Crippen LogP contribution in [0.4, 0.5) is 0 Å². The van der Waals surface area contributed by atoms with Crippen LogP contribution in [0.2, 0.25) is 14.8 Å². The molecule has 0 aromatic carbocycles. The molecule has 0 N–H and O–H groups in total. The van der Waals surface area contributed by atoms with Crippen molar-refractivity contribution in [2.75, 3.05) is 0 Å². The summed E-state index contributed by atoms with van der Waals surface area (Å²) in [5, 5.41) is 7.76. The van der Waals surface area contributed by atoms with E-state index in [1.165, 1.54) is 3.71 Å². The minimum atomic E-state index is -1.87. The van der Waals surface area contributed by atoms with E-state index in [0.717, 1.165) is 0 Å². The van der Waals surface area contributed by atoms with E-state index in [0.29, 0.717) is 0 Å². The Labute approximate surface area is 65.3 Å². The Morgan fingerprint density at radius 2 is 2.00 bits per heavy atom. The number of nitrogens with zero attached hydrogens (tertiary/aromatic N) is 3. The van der Waals surface area contributed by atoms with Crippen molar-refractivity contribution in [3.8, 4) is 0 Å². The molecule has 0 bridgehead atoms. The third-order valence-electron chi connectivity index (χ3n) is 1.48. The summed E-state index contributed by atoms with van der Waals surface area (Å²) in [5.74, 6) is 0. The van der Waals surface area contributed by atoms with Crippen molar-refractivity contribution in [3.63, 3.8) is 0 Å². The Bertz CT molecular complexity index is 223. The molecule has 0 amide bonds. The van der Waals surface area contributed by atoms with E-state index in [4.69, 9.17) is 0 Å². The molecule has 4 heteroatoms. The standard InChI is InChI=1S/C3H4N3.3CH3.Sn/c1-6-3-2-4-5-6;;;;/h2H,1H3;3*1H3;. The van der Waals surface area contributed by atoms with E-state index in [9.17, 15) is 0 Å². The molecular weight excluding hydrogens is 233 g/mol. The van der Waals surface area contributed by atoms with Gasteiger partial charge in [0.25, 0.3) is 0 Å². The van der Waals surface area contributed by atoms with Crippen molar-refractivity contribution in [3.05, 3.63) is 6.20 Å². The molecule has 0 aliphatic rings. The van der Waals surface area contributed by atoms with Gasteiger partial charge in [-0.1, -0.05) is 0 Å². The van der Waals surface area contributed by atoms with Gasteiger partial charge in [-0.15, -0.1) is 0 Å². The third-order valence-corrected chi connectivity index (χ3v) is 7.16. The minimum absolute atomic E-state index is 1.37. The Morgan fingerprint density at radius 3 is 2.20 bits per heavy atom. The van der Waals surface area contributed by atoms with Crippen LogP contribution in [0.3, 0.4) is 0 Å². The van der Waals surface area contributed by atoms with Crippen LogP contribution in [0.25, 0.3) is 0 Å². The van der Waals surface area contributed by atoms with Crippen molar-refractivity contribution in [2.24, 2.45) is 7.05 Å². The molecular formula is C6H13N3Sn. The first-order chi connectivity index (χ1) is 4.52. The molecule has 0 atom stereocenters. The average molecular weight is 246 g/mol. The zero-order chi connectivity index (χ0) is 7.78. The molecule has 0 radical (unpaired) electrons.